The summed E-state index contributed by atoms with van der Waals surface area (Å²) < 4.78 is 16.8. The Morgan fingerprint density at radius 2 is 1.87 bits per heavy atom. The van der Waals surface area contributed by atoms with Crippen LogP contribution in [-0.4, -0.2) is 39.9 Å². The van der Waals surface area contributed by atoms with Crippen LogP contribution in [0.5, 0.6) is 11.5 Å². The second-order valence-electron chi connectivity index (χ2n) is 7.37. The number of guanidine groups is 1. The molecule has 0 bridgehead atoms. The standard InChI is InChI=1S/C24H33N3O3/c1-4-25-24(26-16-18-12-13-21(28-2)22(15-18)29-3)27-17-20-11-8-14-30-23(20)19-9-6-5-7-10-19/h5-7,9-10,12-13,15,20,23H,4,8,11,14,16-17H2,1-3H3,(H2,25,26,27). The lowest BCUT2D eigenvalue weighted by Gasteiger charge is -2.32. The van der Waals surface area contributed by atoms with Gasteiger partial charge in [-0.15, -0.1) is 0 Å². The number of benzene rings is 2. The van der Waals surface area contributed by atoms with E-state index < -0.39 is 0 Å². The molecule has 2 aromatic rings. The Hall–Kier alpha value is -2.73. The zero-order chi connectivity index (χ0) is 21.2. The number of nitrogens with one attached hydrogen (secondary N) is 2. The molecule has 6 nitrogen and oxygen atoms in total. The Morgan fingerprint density at radius 3 is 2.60 bits per heavy atom. The highest BCUT2D eigenvalue weighted by atomic mass is 16.5. The Bertz CT molecular complexity index is 811. The first-order valence-corrected chi connectivity index (χ1v) is 10.6. The first-order valence-electron chi connectivity index (χ1n) is 10.6. The first kappa shape index (κ1) is 22.0. The Kier molecular flexibility index (Phi) is 8.39. The molecule has 30 heavy (non-hydrogen) atoms. The van der Waals surface area contributed by atoms with Gasteiger partial charge in [0.15, 0.2) is 17.5 Å². The SMILES string of the molecule is CCNC(=NCc1ccc(OC)c(OC)c1)NCC1CCCOC1c1ccccc1. The van der Waals surface area contributed by atoms with E-state index in [2.05, 4.69) is 41.8 Å². The summed E-state index contributed by atoms with van der Waals surface area (Å²) in [6.45, 7) is 5.07. The van der Waals surface area contributed by atoms with Crippen LogP contribution in [0.4, 0.5) is 0 Å². The fourth-order valence-corrected chi connectivity index (χ4v) is 3.78. The number of nitrogens with zero attached hydrogens (tertiary/aromatic N) is 1. The molecule has 1 saturated heterocycles. The molecule has 0 radical (unpaired) electrons. The second-order valence-corrected chi connectivity index (χ2v) is 7.37. The number of methoxy groups -OCH3 is 2. The Labute approximate surface area is 179 Å². The smallest absolute Gasteiger partial charge is 0.191 e. The molecule has 1 aliphatic heterocycles. The van der Waals surface area contributed by atoms with Crippen molar-refractivity contribution < 1.29 is 14.2 Å². The van der Waals surface area contributed by atoms with E-state index >= 15 is 0 Å². The average molecular weight is 412 g/mol. The fourth-order valence-electron chi connectivity index (χ4n) is 3.78. The predicted molar refractivity (Wildman–Crippen MR) is 120 cm³/mol. The van der Waals surface area contributed by atoms with Crippen molar-refractivity contribution in [3.05, 3.63) is 59.7 Å². The number of rotatable bonds is 8. The van der Waals surface area contributed by atoms with Gasteiger partial charge in [-0.2, -0.15) is 0 Å². The summed E-state index contributed by atoms with van der Waals surface area (Å²) in [6, 6.07) is 16.4. The molecule has 1 heterocycles. The van der Waals surface area contributed by atoms with Gasteiger partial charge in [0, 0.05) is 25.6 Å². The summed E-state index contributed by atoms with van der Waals surface area (Å²) in [5.74, 6) is 2.66. The van der Waals surface area contributed by atoms with E-state index in [-0.39, 0.29) is 6.10 Å². The lowest BCUT2D eigenvalue weighted by Crippen LogP contribution is -2.42. The summed E-state index contributed by atoms with van der Waals surface area (Å²) in [5, 5.41) is 6.85. The van der Waals surface area contributed by atoms with Crippen molar-refractivity contribution >= 4 is 5.96 Å². The highest BCUT2D eigenvalue weighted by molar-refractivity contribution is 5.79. The van der Waals surface area contributed by atoms with Crippen LogP contribution < -0.4 is 20.1 Å². The summed E-state index contributed by atoms with van der Waals surface area (Å²) in [6.07, 6.45) is 2.36. The number of aliphatic imine (C=N–C) groups is 1. The minimum Gasteiger partial charge on any atom is -0.493 e. The number of hydrogen-bond donors (Lipinski definition) is 2. The van der Waals surface area contributed by atoms with Gasteiger partial charge in [0.05, 0.1) is 26.9 Å². The Morgan fingerprint density at radius 1 is 1.07 bits per heavy atom. The summed E-state index contributed by atoms with van der Waals surface area (Å²) in [7, 11) is 3.28. The molecule has 1 fully saturated rings. The highest BCUT2D eigenvalue weighted by Crippen LogP contribution is 2.33. The molecule has 0 amide bonds. The largest absolute Gasteiger partial charge is 0.493 e. The van der Waals surface area contributed by atoms with Gasteiger partial charge in [-0.1, -0.05) is 36.4 Å². The molecule has 2 aromatic carbocycles. The van der Waals surface area contributed by atoms with Gasteiger partial charge in [-0.05, 0) is 43.0 Å². The average Bonchev–Trinajstić information content (AvgIpc) is 2.81. The number of ether oxygens (including phenoxy) is 3. The summed E-state index contributed by atoms with van der Waals surface area (Å²) in [4.78, 5) is 4.75. The van der Waals surface area contributed by atoms with Crippen molar-refractivity contribution in [3.63, 3.8) is 0 Å². The van der Waals surface area contributed by atoms with Gasteiger partial charge in [-0.3, -0.25) is 0 Å². The van der Waals surface area contributed by atoms with Crippen molar-refractivity contribution in [2.24, 2.45) is 10.9 Å². The Balaban J connectivity index is 1.64. The lowest BCUT2D eigenvalue weighted by atomic mass is 9.89. The monoisotopic (exact) mass is 411 g/mol. The molecule has 0 saturated carbocycles. The molecule has 2 unspecified atom stereocenters. The molecular weight excluding hydrogens is 378 g/mol. The zero-order valence-electron chi connectivity index (χ0n) is 18.2. The van der Waals surface area contributed by atoms with Crippen molar-refractivity contribution in [2.75, 3.05) is 33.9 Å². The summed E-state index contributed by atoms with van der Waals surface area (Å²) >= 11 is 0. The highest BCUT2D eigenvalue weighted by Gasteiger charge is 2.27. The van der Waals surface area contributed by atoms with Crippen LogP contribution in [0, 0.1) is 5.92 Å². The molecule has 6 heteroatoms. The van der Waals surface area contributed by atoms with E-state index in [4.69, 9.17) is 19.2 Å². The molecule has 3 rings (SSSR count). The quantitative estimate of drug-likeness (QED) is 0.509. The number of hydrogen-bond acceptors (Lipinski definition) is 4. The van der Waals surface area contributed by atoms with Crippen molar-refractivity contribution in [1.29, 1.82) is 0 Å². The van der Waals surface area contributed by atoms with Gasteiger partial charge < -0.3 is 24.8 Å². The maximum absolute atomic E-state index is 6.12. The van der Waals surface area contributed by atoms with Crippen LogP contribution in [0.1, 0.15) is 37.0 Å². The molecule has 2 N–H and O–H groups in total. The van der Waals surface area contributed by atoms with E-state index in [1.807, 2.05) is 24.3 Å². The van der Waals surface area contributed by atoms with Crippen LogP contribution in [0.25, 0.3) is 0 Å². The van der Waals surface area contributed by atoms with Crippen molar-refractivity contribution in [3.8, 4) is 11.5 Å². The molecule has 0 aromatic heterocycles. The van der Waals surface area contributed by atoms with Gasteiger partial charge in [-0.25, -0.2) is 4.99 Å². The third-order valence-corrected chi connectivity index (χ3v) is 5.32. The molecule has 0 aliphatic carbocycles. The van der Waals surface area contributed by atoms with Crippen molar-refractivity contribution in [1.82, 2.24) is 10.6 Å². The van der Waals surface area contributed by atoms with E-state index in [1.54, 1.807) is 14.2 Å². The molecular formula is C24H33N3O3. The molecule has 162 valence electrons. The van der Waals surface area contributed by atoms with E-state index in [0.717, 1.165) is 49.8 Å². The molecule has 2 atom stereocenters. The third-order valence-electron chi connectivity index (χ3n) is 5.32. The van der Waals surface area contributed by atoms with Gasteiger partial charge in [0.25, 0.3) is 0 Å². The van der Waals surface area contributed by atoms with Crippen LogP contribution in [0.15, 0.2) is 53.5 Å². The summed E-state index contributed by atoms with van der Waals surface area (Å²) in [5.41, 5.74) is 2.31. The lowest BCUT2D eigenvalue weighted by molar-refractivity contribution is -0.0265. The topological polar surface area (TPSA) is 64.1 Å². The maximum Gasteiger partial charge on any atom is 0.191 e. The zero-order valence-corrected chi connectivity index (χ0v) is 18.2. The van der Waals surface area contributed by atoms with Crippen LogP contribution in [-0.2, 0) is 11.3 Å². The third kappa shape index (κ3) is 5.89. The van der Waals surface area contributed by atoms with Crippen LogP contribution in [0.3, 0.4) is 0 Å². The molecule has 0 spiro atoms. The van der Waals surface area contributed by atoms with E-state index in [9.17, 15) is 0 Å². The second kappa shape index (κ2) is 11.5. The fraction of sp³-hybridized carbons (Fsp3) is 0.458. The molecule has 1 aliphatic rings. The predicted octanol–water partition coefficient (Wildman–Crippen LogP) is 3.93. The maximum atomic E-state index is 6.12. The van der Waals surface area contributed by atoms with Gasteiger partial charge >= 0.3 is 0 Å². The van der Waals surface area contributed by atoms with Crippen molar-refractivity contribution in [2.45, 2.75) is 32.4 Å². The van der Waals surface area contributed by atoms with Crippen LogP contribution in [0.2, 0.25) is 0 Å². The minimum atomic E-state index is 0.126. The minimum absolute atomic E-state index is 0.126. The normalized spacial score (nSPS) is 19.2. The first-order chi connectivity index (χ1) is 14.7. The van der Waals surface area contributed by atoms with Crippen LogP contribution >= 0.6 is 0 Å². The van der Waals surface area contributed by atoms with E-state index in [0.29, 0.717) is 18.2 Å². The van der Waals surface area contributed by atoms with Gasteiger partial charge in [0.1, 0.15) is 0 Å². The van der Waals surface area contributed by atoms with Gasteiger partial charge in [0.2, 0.25) is 0 Å². The van der Waals surface area contributed by atoms with E-state index in [1.165, 1.54) is 5.56 Å².